The molecule has 0 fully saturated rings. The largest absolute Gasteiger partial charge is 0.309 e. The van der Waals surface area contributed by atoms with E-state index < -0.39 is 7.14 Å². The van der Waals surface area contributed by atoms with E-state index in [4.69, 9.17) is 4.98 Å². The zero-order chi connectivity index (χ0) is 28.8. The Balaban J connectivity index is 1.40. The minimum absolute atomic E-state index is 0.803. The first kappa shape index (κ1) is 25.5. The van der Waals surface area contributed by atoms with Gasteiger partial charge in [0, 0.05) is 43.3 Å². The second-order valence-electron chi connectivity index (χ2n) is 10.7. The lowest BCUT2D eigenvalue weighted by Gasteiger charge is -2.20. The van der Waals surface area contributed by atoms with Crippen molar-refractivity contribution in [1.29, 1.82) is 0 Å². The summed E-state index contributed by atoms with van der Waals surface area (Å²) in [6, 6.07) is 55.3. The Morgan fingerprint density at radius 1 is 0.488 bits per heavy atom. The second kappa shape index (κ2) is 10.2. The minimum Gasteiger partial charge on any atom is -0.309 e. The lowest BCUT2D eigenvalue weighted by Crippen LogP contribution is -2.24. The van der Waals surface area contributed by atoms with Crippen LogP contribution >= 0.6 is 7.14 Å². The molecule has 43 heavy (non-hydrogen) atoms. The number of hydrogen-bond donors (Lipinski definition) is 0. The van der Waals surface area contributed by atoms with Crippen molar-refractivity contribution < 1.29 is 4.57 Å². The molecule has 0 amide bonds. The quantitative estimate of drug-likeness (QED) is 0.194. The van der Waals surface area contributed by atoms with Crippen molar-refractivity contribution in [2.24, 2.45) is 0 Å². The molecule has 0 atom stereocenters. The molecule has 0 bridgehead atoms. The predicted octanol–water partition coefficient (Wildman–Crippen LogP) is 8.64. The van der Waals surface area contributed by atoms with Crippen LogP contribution in [0.25, 0.3) is 49.7 Å². The van der Waals surface area contributed by atoms with Gasteiger partial charge in [0.2, 0.25) is 0 Å². The Labute approximate surface area is 250 Å². The van der Waals surface area contributed by atoms with Crippen LogP contribution in [-0.4, -0.2) is 9.55 Å². The molecule has 0 saturated carbocycles. The fraction of sp³-hybridized carbons (Fsp3) is 0. The summed E-state index contributed by atoms with van der Waals surface area (Å²) in [6.07, 6.45) is 0. The molecule has 2 aromatic heterocycles. The Hall–Kier alpha value is -5.24. The maximum atomic E-state index is 15.0. The third-order valence-electron chi connectivity index (χ3n) is 8.26. The summed E-state index contributed by atoms with van der Waals surface area (Å²) < 4.78 is 17.3. The van der Waals surface area contributed by atoms with E-state index >= 15 is 0 Å². The highest BCUT2D eigenvalue weighted by Crippen LogP contribution is 2.44. The van der Waals surface area contributed by atoms with E-state index in [-0.39, 0.29) is 0 Å². The lowest BCUT2D eigenvalue weighted by molar-refractivity contribution is 0.592. The van der Waals surface area contributed by atoms with Crippen molar-refractivity contribution in [1.82, 2.24) is 9.55 Å². The molecular formula is C39H27N2OP. The van der Waals surface area contributed by atoms with Crippen LogP contribution in [0.4, 0.5) is 0 Å². The van der Waals surface area contributed by atoms with Crippen LogP contribution in [-0.2, 0) is 4.57 Å². The van der Waals surface area contributed by atoms with Gasteiger partial charge in [-0.1, -0.05) is 140 Å². The van der Waals surface area contributed by atoms with E-state index in [1.165, 1.54) is 0 Å². The molecule has 0 aliphatic carbocycles. The van der Waals surface area contributed by atoms with Gasteiger partial charge < -0.3 is 9.13 Å². The summed E-state index contributed by atoms with van der Waals surface area (Å²) in [5.41, 5.74) is 6.23. The zero-order valence-corrected chi connectivity index (χ0v) is 24.2. The molecule has 0 unspecified atom stereocenters. The first-order valence-electron chi connectivity index (χ1n) is 14.4. The van der Waals surface area contributed by atoms with Gasteiger partial charge in [0.05, 0.1) is 22.2 Å². The van der Waals surface area contributed by atoms with Crippen molar-refractivity contribution in [2.75, 3.05) is 0 Å². The van der Waals surface area contributed by atoms with Gasteiger partial charge in [-0.2, -0.15) is 0 Å². The molecule has 0 radical (unpaired) electrons. The number of rotatable bonds is 5. The lowest BCUT2D eigenvalue weighted by atomic mass is 10.0. The molecule has 0 spiro atoms. The number of nitrogens with zero attached hydrogens (tertiary/aromatic N) is 2. The van der Waals surface area contributed by atoms with E-state index in [1.54, 1.807) is 0 Å². The zero-order valence-electron chi connectivity index (χ0n) is 23.3. The maximum absolute atomic E-state index is 15.0. The summed E-state index contributed by atoms with van der Waals surface area (Å²) >= 11 is 0. The van der Waals surface area contributed by atoms with Crippen LogP contribution in [0.3, 0.4) is 0 Å². The van der Waals surface area contributed by atoms with Crippen molar-refractivity contribution >= 4 is 55.8 Å². The molecule has 0 aliphatic rings. The van der Waals surface area contributed by atoms with Crippen LogP contribution in [0.1, 0.15) is 0 Å². The average Bonchev–Trinajstić information content (AvgIpc) is 3.44. The topological polar surface area (TPSA) is 34.9 Å². The molecule has 3 nitrogen and oxygen atoms in total. The van der Waals surface area contributed by atoms with Gasteiger partial charge in [0.25, 0.3) is 0 Å². The third kappa shape index (κ3) is 4.05. The number of aromatic nitrogens is 2. The van der Waals surface area contributed by atoms with Gasteiger partial charge in [0.1, 0.15) is 0 Å². The van der Waals surface area contributed by atoms with E-state index in [0.29, 0.717) is 0 Å². The van der Waals surface area contributed by atoms with E-state index in [0.717, 1.165) is 65.6 Å². The molecule has 0 saturated heterocycles. The average molecular weight is 571 g/mol. The molecule has 8 aromatic rings. The monoisotopic (exact) mass is 570 g/mol. The molecule has 4 heteroatoms. The number of hydrogen-bond acceptors (Lipinski definition) is 2. The molecule has 0 aliphatic heterocycles. The maximum Gasteiger partial charge on any atom is 0.171 e. The molecule has 204 valence electrons. The van der Waals surface area contributed by atoms with Gasteiger partial charge in [0.15, 0.2) is 7.14 Å². The first-order chi connectivity index (χ1) is 21.2. The number of fused-ring (bicyclic) bond motifs is 5. The first-order valence-corrected chi connectivity index (χ1v) is 16.1. The van der Waals surface area contributed by atoms with Crippen LogP contribution in [0, 0.1) is 0 Å². The van der Waals surface area contributed by atoms with Crippen molar-refractivity contribution in [3.8, 4) is 16.9 Å². The molecule has 8 rings (SSSR count). The minimum atomic E-state index is -3.07. The Morgan fingerprint density at radius 2 is 1.00 bits per heavy atom. The molecule has 6 aromatic carbocycles. The highest BCUT2D eigenvalue weighted by Gasteiger charge is 2.29. The molecular weight excluding hydrogens is 543 g/mol. The van der Waals surface area contributed by atoms with Crippen LogP contribution < -0.4 is 15.9 Å². The number of pyridine rings is 1. The van der Waals surface area contributed by atoms with Crippen LogP contribution in [0.15, 0.2) is 164 Å². The van der Waals surface area contributed by atoms with Crippen LogP contribution in [0.5, 0.6) is 0 Å². The smallest absolute Gasteiger partial charge is 0.171 e. The molecule has 2 heterocycles. The number of benzene rings is 6. The highest BCUT2D eigenvalue weighted by molar-refractivity contribution is 7.85. The Bertz CT molecular complexity index is 2250. The molecule has 0 N–H and O–H groups in total. The summed E-state index contributed by atoms with van der Waals surface area (Å²) in [4.78, 5) is 5.26. The SMILES string of the molecule is O=P(c1ccccc1)(c1ccccc1)c1ccc(-c2nc3ccccc3c3c2c2ccccc2n3-c2ccccc2)cc1. The fourth-order valence-corrected chi connectivity index (χ4v) is 8.94. The highest BCUT2D eigenvalue weighted by atomic mass is 31.2. The van der Waals surface area contributed by atoms with E-state index in [2.05, 4.69) is 83.4 Å². The van der Waals surface area contributed by atoms with Crippen LogP contribution in [0.2, 0.25) is 0 Å². The fourth-order valence-electron chi connectivity index (χ4n) is 6.29. The predicted molar refractivity (Wildman–Crippen MR) is 181 cm³/mol. The standard InChI is InChI=1S/C39H27N2OP/c42-43(30-16-6-2-7-17-30,31-18-8-3-9-19-31)32-26-24-28(25-27-32)38-37-34-21-11-13-23-36(34)41(29-14-4-1-5-15-29)39(37)33-20-10-12-22-35(33)40-38/h1-27H. The van der Waals surface area contributed by atoms with Crippen molar-refractivity contribution in [2.45, 2.75) is 0 Å². The van der Waals surface area contributed by atoms with Gasteiger partial charge in [-0.15, -0.1) is 0 Å². The van der Waals surface area contributed by atoms with Gasteiger partial charge >= 0.3 is 0 Å². The van der Waals surface area contributed by atoms with Gasteiger partial charge in [-0.3, -0.25) is 0 Å². The van der Waals surface area contributed by atoms with E-state index in [1.807, 2.05) is 84.9 Å². The summed E-state index contributed by atoms with van der Waals surface area (Å²) in [6.45, 7) is 0. The summed E-state index contributed by atoms with van der Waals surface area (Å²) in [5, 5.41) is 5.82. The third-order valence-corrected chi connectivity index (χ3v) is 11.3. The van der Waals surface area contributed by atoms with Gasteiger partial charge in [-0.25, -0.2) is 4.98 Å². The Kier molecular flexibility index (Phi) is 6.06. The summed E-state index contributed by atoms with van der Waals surface area (Å²) in [7, 11) is -3.07. The van der Waals surface area contributed by atoms with E-state index in [9.17, 15) is 4.57 Å². The Morgan fingerprint density at radius 3 is 1.65 bits per heavy atom. The second-order valence-corrected chi connectivity index (χ2v) is 13.5. The normalized spacial score (nSPS) is 11.8. The number of para-hydroxylation sites is 3. The van der Waals surface area contributed by atoms with Crippen molar-refractivity contribution in [3.63, 3.8) is 0 Å². The van der Waals surface area contributed by atoms with Gasteiger partial charge in [-0.05, 0) is 24.3 Å². The van der Waals surface area contributed by atoms with Crippen molar-refractivity contribution in [3.05, 3.63) is 164 Å². The summed E-state index contributed by atoms with van der Waals surface area (Å²) in [5.74, 6) is 0.